The van der Waals surface area contributed by atoms with Gasteiger partial charge in [-0.3, -0.25) is 0 Å². The summed E-state index contributed by atoms with van der Waals surface area (Å²) in [7, 11) is 1.69. The van der Waals surface area contributed by atoms with Gasteiger partial charge in [-0.1, -0.05) is 0 Å². The topological polar surface area (TPSA) is 30.5 Å². The van der Waals surface area contributed by atoms with Crippen molar-refractivity contribution in [3.05, 3.63) is 23.8 Å². The molecule has 0 amide bonds. The van der Waals surface area contributed by atoms with E-state index in [1.54, 1.807) is 7.11 Å². The summed E-state index contributed by atoms with van der Waals surface area (Å²) in [6, 6.07) is 5.97. The molecule has 0 saturated carbocycles. The smallest absolute Gasteiger partial charge is 0.122 e. The molecule has 3 nitrogen and oxygen atoms in total. The van der Waals surface area contributed by atoms with E-state index in [4.69, 9.17) is 9.47 Å². The van der Waals surface area contributed by atoms with Crippen molar-refractivity contribution in [3.63, 3.8) is 0 Å². The van der Waals surface area contributed by atoms with Crippen LogP contribution in [0.4, 0.5) is 0 Å². The lowest BCUT2D eigenvalue weighted by molar-refractivity contribution is 0.167. The Bertz CT molecular complexity index is 346. The third-order valence-corrected chi connectivity index (χ3v) is 2.92. The molecule has 1 atom stereocenters. The third-order valence-electron chi connectivity index (χ3n) is 2.92. The van der Waals surface area contributed by atoms with Crippen LogP contribution in [0.2, 0.25) is 0 Å². The molecular formula is C13H19NO2. The summed E-state index contributed by atoms with van der Waals surface area (Å²) >= 11 is 0. The molecule has 16 heavy (non-hydrogen) atoms. The molecule has 1 aliphatic rings. The van der Waals surface area contributed by atoms with Crippen LogP contribution in [0.1, 0.15) is 18.4 Å². The molecule has 1 aromatic rings. The minimum Gasteiger partial charge on any atom is -0.496 e. The lowest BCUT2D eigenvalue weighted by Gasteiger charge is -2.24. The second-order valence-corrected chi connectivity index (χ2v) is 4.22. The SMILES string of the molecule is COc1ccc(OC2CCCNC2)cc1C. The van der Waals surface area contributed by atoms with E-state index in [0.29, 0.717) is 6.10 Å². The number of piperidine rings is 1. The highest BCUT2D eigenvalue weighted by Crippen LogP contribution is 2.24. The number of rotatable bonds is 3. The summed E-state index contributed by atoms with van der Waals surface area (Å²) in [5.74, 6) is 1.85. The molecule has 1 N–H and O–H groups in total. The lowest BCUT2D eigenvalue weighted by atomic mass is 10.1. The van der Waals surface area contributed by atoms with Gasteiger partial charge in [0, 0.05) is 6.54 Å². The van der Waals surface area contributed by atoms with Crippen LogP contribution >= 0.6 is 0 Å². The Balaban J connectivity index is 2.01. The van der Waals surface area contributed by atoms with Gasteiger partial charge < -0.3 is 14.8 Å². The number of methoxy groups -OCH3 is 1. The normalized spacial score (nSPS) is 20.5. The van der Waals surface area contributed by atoms with E-state index in [2.05, 4.69) is 5.32 Å². The maximum Gasteiger partial charge on any atom is 0.122 e. The molecule has 1 unspecified atom stereocenters. The zero-order valence-electron chi connectivity index (χ0n) is 9.95. The Morgan fingerprint density at radius 1 is 1.38 bits per heavy atom. The molecule has 3 heteroatoms. The van der Waals surface area contributed by atoms with Crippen molar-refractivity contribution in [1.82, 2.24) is 5.32 Å². The number of benzene rings is 1. The van der Waals surface area contributed by atoms with E-state index in [9.17, 15) is 0 Å². The first-order valence-electron chi connectivity index (χ1n) is 5.81. The molecule has 88 valence electrons. The molecule has 2 rings (SSSR count). The molecule has 0 aromatic heterocycles. The Labute approximate surface area is 96.8 Å². The number of hydrogen-bond donors (Lipinski definition) is 1. The van der Waals surface area contributed by atoms with Crippen LogP contribution in [0.3, 0.4) is 0 Å². The van der Waals surface area contributed by atoms with Crippen LogP contribution in [0, 0.1) is 6.92 Å². The van der Waals surface area contributed by atoms with E-state index in [0.717, 1.165) is 36.6 Å². The van der Waals surface area contributed by atoms with Crippen LogP contribution in [0.5, 0.6) is 11.5 Å². The minimum absolute atomic E-state index is 0.307. The number of nitrogens with one attached hydrogen (secondary N) is 1. The molecule has 1 saturated heterocycles. The first-order chi connectivity index (χ1) is 7.79. The van der Waals surface area contributed by atoms with Crippen molar-refractivity contribution >= 4 is 0 Å². The van der Waals surface area contributed by atoms with Gasteiger partial charge in [0.2, 0.25) is 0 Å². The second kappa shape index (κ2) is 5.21. The maximum atomic E-state index is 5.92. The highest BCUT2D eigenvalue weighted by atomic mass is 16.5. The van der Waals surface area contributed by atoms with Gasteiger partial charge >= 0.3 is 0 Å². The van der Waals surface area contributed by atoms with E-state index in [1.165, 1.54) is 6.42 Å². The zero-order valence-corrected chi connectivity index (χ0v) is 9.95. The summed E-state index contributed by atoms with van der Waals surface area (Å²) < 4.78 is 11.1. The Morgan fingerprint density at radius 3 is 2.88 bits per heavy atom. The Morgan fingerprint density at radius 2 is 2.25 bits per heavy atom. The van der Waals surface area contributed by atoms with Crippen LogP contribution in [0.15, 0.2) is 18.2 Å². The molecule has 0 bridgehead atoms. The fraction of sp³-hybridized carbons (Fsp3) is 0.538. The molecule has 1 aromatic carbocycles. The van der Waals surface area contributed by atoms with Crippen molar-refractivity contribution in [1.29, 1.82) is 0 Å². The van der Waals surface area contributed by atoms with Gasteiger partial charge in [-0.15, -0.1) is 0 Å². The van der Waals surface area contributed by atoms with Crippen LogP contribution in [0.25, 0.3) is 0 Å². The second-order valence-electron chi connectivity index (χ2n) is 4.22. The summed E-state index contributed by atoms with van der Waals surface area (Å²) in [5, 5.41) is 3.34. The van der Waals surface area contributed by atoms with Crippen molar-refractivity contribution in [3.8, 4) is 11.5 Å². The molecule has 1 fully saturated rings. The molecular weight excluding hydrogens is 202 g/mol. The van der Waals surface area contributed by atoms with Gasteiger partial charge in [-0.2, -0.15) is 0 Å². The lowest BCUT2D eigenvalue weighted by Crippen LogP contribution is -2.37. The highest BCUT2D eigenvalue weighted by Gasteiger charge is 2.14. The van der Waals surface area contributed by atoms with Gasteiger partial charge in [-0.25, -0.2) is 0 Å². The van der Waals surface area contributed by atoms with Crippen molar-refractivity contribution in [2.45, 2.75) is 25.9 Å². The van der Waals surface area contributed by atoms with Crippen molar-refractivity contribution in [2.75, 3.05) is 20.2 Å². The molecule has 1 heterocycles. The monoisotopic (exact) mass is 221 g/mol. The molecule has 1 aliphatic heterocycles. The van der Waals surface area contributed by atoms with Gasteiger partial charge in [0.05, 0.1) is 7.11 Å². The van der Waals surface area contributed by atoms with Crippen LogP contribution < -0.4 is 14.8 Å². The van der Waals surface area contributed by atoms with Crippen LogP contribution in [-0.2, 0) is 0 Å². The fourth-order valence-electron chi connectivity index (χ4n) is 2.04. The number of ether oxygens (including phenoxy) is 2. The molecule has 0 spiro atoms. The van der Waals surface area contributed by atoms with E-state index in [1.807, 2.05) is 25.1 Å². The highest BCUT2D eigenvalue weighted by molar-refractivity contribution is 5.39. The zero-order chi connectivity index (χ0) is 11.4. The summed E-state index contributed by atoms with van der Waals surface area (Å²) in [4.78, 5) is 0. The predicted molar refractivity (Wildman–Crippen MR) is 64.3 cm³/mol. The van der Waals surface area contributed by atoms with Crippen molar-refractivity contribution in [2.24, 2.45) is 0 Å². The predicted octanol–water partition coefficient (Wildman–Crippen LogP) is 2.13. The Hall–Kier alpha value is -1.22. The molecule has 0 radical (unpaired) electrons. The molecule has 0 aliphatic carbocycles. The van der Waals surface area contributed by atoms with Gasteiger partial charge in [-0.05, 0) is 50.1 Å². The standard InChI is InChI=1S/C13H19NO2/c1-10-8-11(5-6-13(10)15-2)16-12-4-3-7-14-9-12/h5-6,8,12,14H,3-4,7,9H2,1-2H3. The van der Waals surface area contributed by atoms with Gasteiger partial charge in [0.15, 0.2) is 0 Å². The number of aryl methyl sites for hydroxylation is 1. The fourth-order valence-corrected chi connectivity index (χ4v) is 2.04. The quantitative estimate of drug-likeness (QED) is 0.848. The summed E-state index contributed by atoms with van der Waals surface area (Å²) in [6.45, 7) is 4.09. The first kappa shape index (κ1) is 11.3. The summed E-state index contributed by atoms with van der Waals surface area (Å²) in [5.41, 5.74) is 1.11. The summed E-state index contributed by atoms with van der Waals surface area (Å²) in [6.07, 6.45) is 2.64. The van der Waals surface area contributed by atoms with E-state index in [-0.39, 0.29) is 0 Å². The van der Waals surface area contributed by atoms with Gasteiger partial charge in [0.25, 0.3) is 0 Å². The largest absolute Gasteiger partial charge is 0.496 e. The minimum atomic E-state index is 0.307. The van der Waals surface area contributed by atoms with E-state index >= 15 is 0 Å². The first-order valence-corrected chi connectivity index (χ1v) is 5.81. The van der Waals surface area contributed by atoms with Crippen molar-refractivity contribution < 1.29 is 9.47 Å². The van der Waals surface area contributed by atoms with Crippen LogP contribution in [-0.4, -0.2) is 26.3 Å². The number of hydrogen-bond acceptors (Lipinski definition) is 3. The van der Waals surface area contributed by atoms with Gasteiger partial charge in [0.1, 0.15) is 17.6 Å². The Kier molecular flexibility index (Phi) is 3.67. The average molecular weight is 221 g/mol. The third kappa shape index (κ3) is 2.67. The van der Waals surface area contributed by atoms with E-state index < -0.39 is 0 Å². The average Bonchev–Trinajstić information content (AvgIpc) is 2.31. The maximum absolute atomic E-state index is 5.92.